The second-order valence-electron chi connectivity index (χ2n) is 7.27. The Morgan fingerprint density at radius 3 is 2.69 bits per heavy atom. The number of thiazole rings is 1. The van der Waals surface area contributed by atoms with E-state index in [1.807, 2.05) is 0 Å². The average molecular weight is 453 g/mol. The van der Waals surface area contributed by atoms with Crippen LogP contribution in [0.1, 0.15) is 36.9 Å². The van der Waals surface area contributed by atoms with Crippen LogP contribution in [-0.4, -0.2) is 28.4 Å². The molecule has 8 heteroatoms. The molecule has 1 amide bonds. The van der Waals surface area contributed by atoms with Crippen LogP contribution in [0.4, 0.5) is 9.52 Å². The summed E-state index contributed by atoms with van der Waals surface area (Å²) < 4.78 is 19.2. The molecule has 2 heterocycles. The normalized spacial score (nSPS) is 17.7. The Bertz CT molecular complexity index is 1160. The van der Waals surface area contributed by atoms with E-state index >= 15 is 0 Å². The van der Waals surface area contributed by atoms with Gasteiger partial charge in [-0.2, -0.15) is 0 Å². The van der Waals surface area contributed by atoms with Crippen LogP contribution in [0.15, 0.2) is 65.7 Å². The number of hydrogen-bond donors (Lipinski definition) is 1. The van der Waals surface area contributed by atoms with Crippen molar-refractivity contribution in [2.75, 3.05) is 11.5 Å². The maximum absolute atomic E-state index is 13.4. The second-order valence-corrected chi connectivity index (χ2v) is 8.14. The second kappa shape index (κ2) is 9.32. The number of Topliss-reactive ketones (excluding diaryl/α,β-unsaturated/α-hetero) is 1. The summed E-state index contributed by atoms with van der Waals surface area (Å²) in [6, 6.07) is 11.3. The van der Waals surface area contributed by atoms with E-state index in [1.54, 1.807) is 35.8 Å². The number of rotatable bonds is 7. The van der Waals surface area contributed by atoms with Gasteiger partial charge in [-0.05, 0) is 48.4 Å². The lowest BCUT2D eigenvalue weighted by Gasteiger charge is -2.23. The zero-order valence-corrected chi connectivity index (χ0v) is 18.1. The Hall–Kier alpha value is -3.52. The fraction of sp³-hybridized carbons (Fsp3) is 0.208. The van der Waals surface area contributed by atoms with Crippen LogP contribution in [0, 0.1) is 5.82 Å². The molecular formula is C24H21FN2O4S. The highest BCUT2D eigenvalue weighted by Crippen LogP contribution is 2.43. The van der Waals surface area contributed by atoms with Gasteiger partial charge in [-0.3, -0.25) is 14.5 Å². The molecule has 1 aromatic heterocycles. The van der Waals surface area contributed by atoms with Crippen molar-refractivity contribution in [2.24, 2.45) is 0 Å². The van der Waals surface area contributed by atoms with E-state index in [1.165, 1.54) is 40.5 Å². The number of aliphatic hydroxyl groups is 1. The number of carbonyl (C=O) groups excluding carboxylic acids is 2. The van der Waals surface area contributed by atoms with Crippen molar-refractivity contribution in [3.05, 3.63) is 82.6 Å². The third kappa shape index (κ3) is 4.13. The summed E-state index contributed by atoms with van der Waals surface area (Å²) >= 11 is 1.21. The zero-order valence-electron chi connectivity index (χ0n) is 17.3. The van der Waals surface area contributed by atoms with Gasteiger partial charge < -0.3 is 9.84 Å². The van der Waals surface area contributed by atoms with Gasteiger partial charge in [0.15, 0.2) is 5.13 Å². The molecule has 6 nitrogen and oxygen atoms in total. The number of carbonyl (C=O) groups is 2. The largest absolute Gasteiger partial charge is 0.507 e. The molecule has 164 valence electrons. The quantitative estimate of drug-likeness (QED) is 0.234. The summed E-state index contributed by atoms with van der Waals surface area (Å²) in [5.74, 6) is -1.86. The SMILES string of the molecule is CCCCOc1cccc(C2C(=C(O)c3ccc(F)cc3)C(=O)C(=O)N2c2nccs2)c1. The monoisotopic (exact) mass is 452 g/mol. The molecule has 1 atom stereocenters. The predicted octanol–water partition coefficient (Wildman–Crippen LogP) is 5.09. The smallest absolute Gasteiger partial charge is 0.301 e. The molecule has 3 aromatic rings. The number of anilines is 1. The van der Waals surface area contributed by atoms with Gasteiger partial charge in [-0.15, -0.1) is 11.3 Å². The lowest BCUT2D eigenvalue weighted by Crippen LogP contribution is -2.29. The minimum Gasteiger partial charge on any atom is -0.507 e. The van der Waals surface area contributed by atoms with Crippen LogP contribution in [0.25, 0.3) is 5.76 Å². The van der Waals surface area contributed by atoms with E-state index in [9.17, 15) is 19.1 Å². The summed E-state index contributed by atoms with van der Waals surface area (Å²) in [5, 5.41) is 13.0. The Morgan fingerprint density at radius 2 is 2.00 bits per heavy atom. The van der Waals surface area contributed by atoms with Crippen LogP contribution in [0.3, 0.4) is 0 Å². The highest BCUT2D eigenvalue weighted by atomic mass is 32.1. The molecule has 1 aliphatic rings. The summed E-state index contributed by atoms with van der Waals surface area (Å²) in [5.41, 5.74) is 0.753. The van der Waals surface area contributed by atoms with Crippen LogP contribution in [0.5, 0.6) is 5.75 Å². The minimum atomic E-state index is -0.902. The molecule has 0 bridgehead atoms. The first-order valence-corrected chi connectivity index (χ1v) is 11.1. The molecule has 1 unspecified atom stereocenters. The van der Waals surface area contributed by atoms with Crippen molar-refractivity contribution in [2.45, 2.75) is 25.8 Å². The van der Waals surface area contributed by atoms with E-state index in [0.717, 1.165) is 12.8 Å². The first-order valence-electron chi connectivity index (χ1n) is 10.2. The zero-order chi connectivity index (χ0) is 22.7. The molecule has 4 rings (SSSR count). The molecule has 2 aromatic carbocycles. The minimum absolute atomic E-state index is 0.0810. The van der Waals surface area contributed by atoms with Crippen molar-refractivity contribution >= 4 is 33.9 Å². The number of amides is 1. The van der Waals surface area contributed by atoms with Gasteiger partial charge in [-0.25, -0.2) is 9.37 Å². The standard InChI is InChI=1S/C24H21FN2O4S/c1-2-3-12-31-18-6-4-5-16(14-18)20-19(21(28)15-7-9-17(25)10-8-15)22(29)23(30)27(20)24-26-11-13-32-24/h4-11,13-14,20,28H,2-3,12H2,1H3. The van der Waals surface area contributed by atoms with Crippen molar-refractivity contribution in [1.29, 1.82) is 0 Å². The van der Waals surface area contributed by atoms with Crippen molar-refractivity contribution in [3.63, 3.8) is 0 Å². The van der Waals surface area contributed by atoms with Crippen LogP contribution in [0.2, 0.25) is 0 Å². The molecule has 1 N–H and O–H groups in total. The third-order valence-corrected chi connectivity index (χ3v) is 5.90. The highest BCUT2D eigenvalue weighted by molar-refractivity contribution is 7.14. The van der Waals surface area contributed by atoms with Gasteiger partial charge in [0.05, 0.1) is 18.2 Å². The van der Waals surface area contributed by atoms with E-state index in [4.69, 9.17) is 4.74 Å². The molecular weight excluding hydrogens is 431 g/mol. The molecule has 0 radical (unpaired) electrons. The van der Waals surface area contributed by atoms with Crippen LogP contribution in [-0.2, 0) is 9.59 Å². The highest BCUT2D eigenvalue weighted by Gasteiger charge is 2.48. The van der Waals surface area contributed by atoms with Gasteiger partial charge >= 0.3 is 5.91 Å². The average Bonchev–Trinajstić information content (AvgIpc) is 3.41. The fourth-order valence-electron chi connectivity index (χ4n) is 3.55. The van der Waals surface area contributed by atoms with Gasteiger partial charge in [0.2, 0.25) is 0 Å². The number of ether oxygens (including phenoxy) is 1. The van der Waals surface area contributed by atoms with Crippen LogP contribution >= 0.6 is 11.3 Å². The first-order chi connectivity index (χ1) is 15.5. The number of benzene rings is 2. The van der Waals surface area contributed by atoms with Gasteiger partial charge in [0.1, 0.15) is 17.3 Å². The maximum atomic E-state index is 13.4. The number of aromatic nitrogens is 1. The molecule has 32 heavy (non-hydrogen) atoms. The molecule has 1 fully saturated rings. The lowest BCUT2D eigenvalue weighted by molar-refractivity contribution is -0.132. The molecule has 0 saturated carbocycles. The molecule has 0 aliphatic carbocycles. The van der Waals surface area contributed by atoms with E-state index < -0.39 is 23.5 Å². The maximum Gasteiger partial charge on any atom is 0.301 e. The number of nitrogens with zero attached hydrogens (tertiary/aromatic N) is 2. The summed E-state index contributed by atoms with van der Waals surface area (Å²) in [7, 11) is 0. The predicted molar refractivity (Wildman–Crippen MR) is 120 cm³/mol. The third-order valence-electron chi connectivity index (χ3n) is 5.13. The number of halogens is 1. The van der Waals surface area contributed by atoms with Crippen molar-refractivity contribution in [1.82, 2.24) is 4.98 Å². The molecule has 1 saturated heterocycles. The number of unbranched alkanes of at least 4 members (excludes halogenated alkanes) is 1. The Morgan fingerprint density at radius 1 is 1.22 bits per heavy atom. The fourth-order valence-corrected chi connectivity index (χ4v) is 4.22. The van der Waals surface area contributed by atoms with Crippen molar-refractivity contribution in [3.8, 4) is 5.75 Å². The number of hydrogen-bond acceptors (Lipinski definition) is 6. The van der Waals surface area contributed by atoms with Gasteiger partial charge in [0.25, 0.3) is 5.78 Å². The lowest BCUT2D eigenvalue weighted by atomic mass is 9.95. The van der Waals surface area contributed by atoms with E-state index in [0.29, 0.717) is 23.1 Å². The van der Waals surface area contributed by atoms with E-state index in [-0.39, 0.29) is 16.9 Å². The van der Waals surface area contributed by atoms with E-state index in [2.05, 4.69) is 11.9 Å². The van der Waals surface area contributed by atoms with Crippen molar-refractivity contribution < 1.29 is 23.8 Å². The molecule has 1 aliphatic heterocycles. The van der Waals surface area contributed by atoms with Gasteiger partial charge in [-0.1, -0.05) is 25.5 Å². The van der Waals surface area contributed by atoms with Gasteiger partial charge in [0, 0.05) is 17.1 Å². The first kappa shape index (κ1) is 21.7. The number of ketones is 1. The Labute approximate surface area is 188 Å². The topological polar surface area (TPSA) is 79.7 Å². The Balaban J connectivity index is 1.84. The summed E-state index contributed by atoms with van der Waals surface area (Å²) in [4.78, 5) is 31.5. The van der Waals surface area contributed by atoms with Crippen LogP contribution < -0.4 is 9.64 Å². The Kier molecular flexibility index (Phi) is 6.32. The summed E-state index contributed by atoms with van der Waals surface area (Å²) in [6.07, 6.45) is 3.43. The number of aliphatic hydroxyl groups excluding tert-OH is 1. The summed E-state index contributed by atoms with van der Waals surface area (Å²) in [6.45, 7) is 2.61. The molecule has 0 spiro atoms.